The highest BCUT2D eigenvalue weighted by Crippen LogP contribution is 2.44. The average molecular weight is 410 g/mol. The van der Waals surface area contributed by atoms with Gasteiger partial charge in [-0.2, -0.15) is 0 Å². The molecule has 0 spiro atoms. The number of nitrogens with one attached hydrogen (secondary N) is 1. The minimum Gasteiger partial charge on any atom is -0.478 e. The summed E-state index contributed by atoms with van der Waals surface area (Å²) in [6.07, 6.45) is 1.53. The van der Waals surface area contributed by atoms with E-state index in [0.29, 0.717) is 17.8 Å². The SMILES string of the molecule is Cc1ccc(-c2oc(C(=O)N/C(=C/C(=O)O)C(=O)O)cc2C2CN3CC[C@@H]2C3)cc1. The molecule has 1 aromatic heterocycles. The molecular weight excluding hydrogens is 388 g/mol. The first-order valence-corrected chi connectivity index (χ1v) is 9.74. The number of benzene rings is 1. The average Bonchev–Trinajstić information content (AvgIpc) is 3.42. The molecule has 2 saturated heterocycles. The van der Waals surface area contributed by atoms with E-state index in [0.717, 1.165) is 42.7 Å². The lowest BCUT2D eigenvalue weighted by Crippen LogP contribution is -2.27. The van der Waals surface area contributed by atoms with Gasteiger partial charge < -0.3 is 24.8 Å². The Bertz CT molecular complexity index is 1040. The van der Waals surface area contributed by atoms with E-state index in [-0.39, 0.29) is 11.7 Å². The highest BCUT2D eigenvalue weighted by atomic mass is 16.4. The molecule has 2 aliphatic rings. The van der Waals surface area contributed by atoms with Crippen molar-refractivity contribution >= 4 is 17.8 Å². The van der Waals surface area contributed by atoms with E-state index in [1.807, 2.05) is 31.2 Å². The second-order valence-corrected chi connectivity index (χ2v) is 7.83. The van der Waals surface area contributed by atoms with Crippen LogP contribution in [0.5, 0.6) is 0 Å². The quantitative estimate of drug-likeness (QED) is 0.626. The smallest absolute Gasteiger partial charge is 0.352 e. The van der Waals surface area contributed by atoms with E-state index >= 15 is 0 Å². The van der Waals surface area contributed by atoms with Crippen LogP contribution in [-0.2, 0) is 9.59 Å². The summed E-state index contributed by atoms with van der Waals surface area (Å²) in [6.45, 7) is 4.98. The van der Waals surface area contributed by atoms with Crippen LogP contribution < -0.4 is 5.32 Å². The Hall–Kier alpha value is -3.39. The molecule has 0 saturated carbocycles. The van der Waals surface area contributed by atoms with Gasteiger partial charge in [-0.1, -0.05) is 29.8 Å². The molecule has 3 atom stereocenters. The van der Waals surface area contributed by atoms with Crippen molar-refractivity contribution in [1.29, 1.82) is 0 Å². The van der Waals surface area contributed by atoms with Crippen LogP contribution in [0.3, 0.4) is 0 Å². The summed E-state index contributed by atoms with van der Waals surface area (Å²) in [5, 5.41) is 20.1. The van der Waals surface area contributed by atoms with Crippen molar-refractivity contribution in [3.63, 3.8) is 0 Å². The van der Waals surface area contributed by atoms with Crippen LogP contribution >= 0.6 is 0 Å². The predicted molar refractivity (Wildman–Crippen MR) is 107 cm³/mol. The van der Waals surface area contributed by atoms with Gasteiger partial charge in [0.15, 0.2) is 5.76 Å². The molecule has 0 radical (unpaired) electrons. The van der Waals surface area contributed by atoms with Gasteiger partial charge in [-0.3, -0.25) is 4.79 Å². The second-order valence-electron chi connectivity index (χ2n) is 7.83. The van der Waals surface area contributed by atoms with Crippen LogP contribution in [0.4, 0.5) is 0 Å². The fraction of sp³-hybridized carbons (Fsp3) is 0.318. The summed E-state index contributed by atoms with van der Waals surface area (Å²) in [4.78, 5) is 37.1. The number of amides is 1. The number of fused-ring (bicyclic) bond motifs is 2. The zero-order valence-electron chi connectivity index (χ0n) is 16.4. The maximum atomic E-state index is 12.7. The third kappa shape index (κ3) is 3.86. The van der Waals surface area contributed by atoms with E-state index in [9.17, 15) is 14.4 Å². The van der Waals surface area contributed by atoms with E-state index in [1.54, 1.807) is 6.07 Å². The van der Waals surface area contributed by atoms with Gasteiger partial charge in [-0.15, -0.1) is 0 Å². The van der Waals surface area contributed by atoms with E-state index < -0.39 is 23.5 Å². The topological polar surface area (TPSA) is 120 Å². The van der Waals surface area contributed by atoms with E-state index in [1.165, 1.54) is 0 Å². The van der Waals surface area contributed by atoms with Gasteiger partial charge in [0.05, 0.1) is 6.08 Å². The van der Waals surface area contributed by atoms with Crippen molar-refractivity contribution < 1.29 is 29.0 Å². The van der Waals surface area contributed by atoms with Crippen LogP contribution in [0.2, 0.25) is 0 Å². The van der Waals surface area contributed by atoms with Crippen molar-refractivity contribution in [2.45, 2.75) is 19.3 Å². The molecule has 4 rings (SSSR count). The molecule has 2 fully saturated rings. The van der Waals surface area contributed by atoms with E-state index in [4.69, 9.17) is 14.6 Å². The van der Waals surface area contributed by atoms with Crippen LogP contribution in [0, 0.1) is 12.8 Å². The predicted octanol–water partition coefficient (Wildman–Crippen LogP) is 2.46. The van der Waals surface area contributed by atoms with Crippen LogP contribution in [-0.4, -0.2) is 52.6 Å². The summed E-state index contributed by atoms with van der Waals surface area (Å²) in [6, 6.07) is 9.45. The van der Waals surface area contributed by atoms with Gasteiger partial charge in [0, 0.05) is 30.1 Å². The Morgan fingerprint density at radius 3 is 2.47 bits per heavy atom. The number of aryl methyl sites for hydroxylation is 1. The molecule has 1 aromatic carbocycles. The lowest BCUT2D eigenvalue weighted by Gasteiger charge is -2.22. The number of piperidine rings is 1. The molecule has 8 nitrogen and oxygen atoms in total. The molecule has 2 unspecified atom stereocenters. The molecule has 3 heterocycles. The molecule has 3 N–H and O–H groups in total. The monoisotopic (exact) mass is 410 g/mol. The summed E-state index contributed by atoms with van der Waals surface area (Å²) in [7, 11) is 0. The number of hydrogen-bond acceptors (Lipinski definition) is 5. The van der Waals surface area contributed by atoms with E-state index in [2.05, 4.69) is 10.2 Å². The standard InChI is InChI=1S/C22H22N2O6/c1-12-2-4-13(5-3-12)20-15(16-11-24-7-6-14(16)10-24)8-18(30-20)21(27)23-17(22(28)29)9-19(25)26/h2-5,8-9,14,16H,6-7,10-11H2,1H3,(H,23,27)(H,25,26)(H,28,29)/b17-9+/t14-,16?/m1/s1. The first-order chi connectivity index (χ1) is 14.3. The number of furan rings is 1. The van der Waals surface area contributed by atoms with Crippen molar-refractivity contribution in [2.24, 2.45) is 5.92 Å². The Balaban J connectivity index is 1.70. The van der Waals surface area contributed by atoms with Crippen LogP contribution in [0.15, 0.2) is 46.5 Å². The molecule has 2 aliphatic heterocycles. The third-order valence-electron chi connectivity index (χ3n) is 5.78. The summed E-state index contributed by atoms with van der Waals surface area (Å²) in [5.41, 5.74) is 2.14. The summed E-state index contributed by atoms with van der Waals surface area (Å²) in [5.74, 6) is -2.54. The lowest BCUT2D eigenvalue weighted by molar-refractivity contribution is -0.135. The molecule has 0 aliphatic carbocycles. The summed E-state index contributed by atoms with van der Waals surface area (Å²) < 4.78 is 5.91. The number of carboxylic acid groups (broad SMARTS) is 2. The molecular formula is C22H22N2O6. The first kappa shape index (κ1) is 19.9. The first-order valence-electron chi connectivity index (χ1n) is 9.74. The van der Waals surface area contributed by atoms with Gasteiger partial charge in [0.2, 0.25) is 0 Å². The second kappa shape index (κ2) is 7.79. The lowest BCUT2D eigenvalue weighted by atomic mass is 9.85. The molecule has 8 heteroatoms. The zero-order chi connectivity index (χ0) is 21.4. The van der Waals surface area contributed by atoms with Crippen molar-refractivity contribution in [3.8, 4) is 11.3 Å². The number of hydrogen-bond donors (Lipinski definition) is 3. The zero-order valence-corrected chi connectivity index (χ0v) is 16.4. The number of aliphatic carboxylic acids is 2. The minimum absolute atomic E-state index is 0.0455. The number of rotatable bonds is 6. The molecule has 30 heavy (non-hydrogen) atoms. The Kier molecular flexibility index (Phi) is 5.17. The Morgan fingerprint density at radius 1 is 1.17 bits per heavy atom. The van der Waals surface area contributed by atoms with Crippen molar-refractivity contribution in [3.05, 3.63) is 59.0 Å². The Morgan fingerprint density at radius 2 is 1.90 bits per heavy atom. The fourth-order valence-corrected chi connectivity index (χ4v) is 4.32. The molecule has 156 valence electrons. The van der Waals surface area contributed by atoms with Gasteiger partial charge >= 0.3 is 11.9 Å². The maximum Gasteiger partial charge on any atom is 0.352 e. The van der Waals surface area contributed by atoms with Crippen LogP contribution in [0.25, 0.3) is 11.3 Å². The highest BCUT2D eigenvalue weighted by molar-refractivity contribution is 6.02. The van der Waals surface area contributed by atoms with Gasteiger partial charge in [0.1, 0.15) is 11.5 Å². The van der Waals surface area contributed by atoms with Crippen molar-refractivity contribution in [2.75, 3.05) is 19.6 Å². The number of nitrogens with zero attached hydrogens (tertiary/aromatic N) is 1. The largest absolute Gasteiger partial charge is 0.478 e. The van der Waals surface area contributed by atoms with Crippen LogP contribution in [0.1, 0.15) is 34.0 Å². The van der Waals surface area contributed by atoms with Gasteiger partial charge in [-0.05, 0) is 31.9 Å². The minimum atomic E-state index is -1.54. The number of carbonyl (C=O) groups is 3. The van der Waals surface area contributed by atoms with Gasteiger partial charge in [0.25, 0.3) is 5.91 Å². The highest BCUT2D eigenvalue weighted by Gasteiger charge is 2.41. The number of carbonyl (C=O) groups excluding carboxylic acids is 1. The summed E-state index contributed by atoms with van der Waals surface area (Å²) >= 11 is 0. The third-order valence-corrected chi connectivity index (χ3v) is 5.78. The van der Waals surface area contributed by atoms with Crippen molar-refractivity contribution in [1.82, 2.24) is 10.2 Å². The molecule has 1 amide bonds. The maximum absolute atomic E-state index is 12.7. The number of carboxylic acids is 2. The molecule has 2 bridgehead atoms. The molecule has 2 aromatic rings. The van der Waals surface area contributed by atoms with Gasteiger partial charge in [-0.25, -0.2) is 9.59 Å². The normalized spacial score (nSPS) is 22.8. The Labute approximate surface area is 172 Å². The fourth-order valence-electron chi connectivity index (χ4n) is 4.32.